The molecule has 150 valence electrons. The molecule has 0 radical (unpaired) electrons. The largest absolute Gasteiger partial charge is 0.295 e. The molecule has 2 aromatic heterocycles. The van der Waals surface area contributed by atoms with Gasteiger partial charge in [-0.05, 0) is 30.7 Å². The van der Waals surface area contributed by atoms with E-state index in [0.717, 1.165) is 18.4 Å². The number of anilines is 2. The average molecular weight is 390 g/mol. The van der Waals surface area contributed by atoms with Crippen LogP contribution in [0.3, 0.4) is 0 Å². The maximum absolute atomic E-state index is 13.4. The number of fused-ring (bicyclic) bond motifs is 2. The number of nitrogens with zero attached hydrogens (tertiary/aromatic N) is 4. The molecule has 0 spiro atoms. The van der Waals surface area contributed by atoms with E-state index in [0.29, 0.717) is 34.9 Å². The number of hydrogen-bond donors (Lipinski definition) is 0. The summed E-state index contributed by atoms with van der Waals surface area (Å²) >= 11 is 0. The third-order valence-corrected chi connectivity index (χ3v) is 5.65. The molecule has 0 saturated carbocycles. The van der Waals surface area contributed by atoms with Gasteiger partial charge in [-0.25, -0.2) is 9.97 Å². The summed E-state index contributed by atoms with van der Waals surface area (Å²) in [4.78, 5) is 38.5. The number of rotatable bonds is 7. The Morgan fingerprint density at radius 2 is 1.38 bits per heavy atom. The highest BCUT2D eigenvalue weighted by atomic mass is 16.2. The smallest absolute Gasteiger partial charge is 0.261 e. The van der Waals surface area contributed by atoms with Gasteiger partial charge >= 0.3 is 0 Å². The zero-order chi connectivity index (χ0) is 20.4. The van der Waals surface area contributed by atoms with Crippen LogP contribution >= 0.6 is 0 Å². The zero-order valence-electron chi connectivity index (χ0n) is 17.0. The number of likely N-dealkylation sites (N-methyl/N-ethyl adjacent to an activating group) is 1. The van der Waals surface area contributed by atoms with Crippen molar-refractivity contribution in [3.8, 4) is 0 Å². The molecule has 0 aromatic carbocycles. The Morgan fingerprint density at radius 1 is 0.793 bits per heavy atom. The molecule has 2 aromatic rings. The maximum Gasteiger partial charge on any atom is 0.261 e. The summed E-state index contributed by atoms with van der Waals surface area (Å²) in [7, 11) is 1.69. The minimum absolute atomic E-state index is 0.138. The summed E-state index contributed by atoms with van der Waals surface area (Å²) in [6, 6.07) is 7.34. The van der Waals surface area contributed by atoms with Gasteiger partial charge < -0.3 is 0 Å². The molecule has 2 aliphatic heterocycles. The van der Waals surface area contributed by atoms with Gasteiger partial charge in [-0.3, -0.25) is 19.4 Å². The second kappa shape index (κ2) is 8.15. The van der Waals surface area contributed by atoms with Gasteiger partial charge in [0.05, 0.1) is 11.1 Å². The summed E-state index contributed by atoms with van der Waals surface area (Å²) in [6.07, 6.45) is 10.3. The molecule has 29 heavy (non-hydrogen) atoms. The lowest BCUT2D eigenvalue weighted by atomic mass is 9.98. The number of unbranched alkanes of at least 4 members (excludes halogenated alkanes) is 5. The standard InChI is InChI=1S/C23H26N4O2/c1-3-4-5-6-7-8-15-27-21-17(12-10-14-25-21)19(23(27)29)18-16-11-9-13-24-20(16)26(2)22(18)28/h9-14H,3-8,15H2,1-2H3/b19-18+. The van der Waals surface area contributed by atoms with E-state index in [9.17, 15) is 9.59 Å². The molecule has 4 heterocycles. The van der Waals surface area contributed by atoms with Crippen molar-refractivity contribution in [2.24, 2.45) is 0 Å². The quantitative estimate of drug-likeness (QED) is 0.528. The van der Waals surface area contributed by atoms with Crippen molar-refractivity contribution in [3.63, 3.8) is 0 Å². The summed E-state index contributed by atoms with van der Waals surface area (Å²) in [6.45, 7) is 2.83. The van der Waals surface area contributed by atoms with Crippen molar-refractivity contribution in [1.82, 2.24) is 9.97 Å². The molecule has 0 fully saturated rings. The van der Waals surface area contributed by atoms with Crippen molar-refractivity contribution in [1.29, 1.82) is 0 Å². The Bertz CT molecular complexity index is 982. The first-order valence-electron chi connectivity index (χ1n) is 10.4. The van der Waals surface area contributed by atoms with E-state index in [1.807, 2.05) is 18.2 Å². The number of carbonyl (C=O) groups excluding carboxylic acids is 2. The first-order chi connectivity index (χ1) is 14.1. The first kappa shape index (κ1) is 19.3. The summed E-state index contributed by atoms with van der Waals surface area (Å²) in [5, 5.41) is 0. The van der Waals surface area contributed by atoms with Gasteiger partial charge in [-0.15, -0.1) is 0 Å². The SMILES string of the molecule is CCCCCCCCN1C(=O)/C(=C2/C(=O)N(C)c3ncccc32)c2cccnc21. The van der Waals surface area contributed by atoms with Crippen LogP contribution in [-0.2, 0) is 9.59 Å². The highest BCUT2D eigenvalue weighted by molar-refractivity contribution is 6.49. The molecule has 0 N–H and O–H groups in total. The highest BCUT2D eigenvalue weighted by Gasteiger charge is 2.41. The summed E-state index contributed by atoms with van der Waals surface area (Å²) in [5.74, 6) is 0.910. The first-order valence-corrected chi connectivity index (χ1v) is 10.4. The van der Waals surface area contributed by atoms with Gasteiger partial charge in [-0.2, -0.15) is 0 Å². The van der Waals surface area contributed by atoms with Gasteiger partial charge in [0.25, 0.3) is 11.8 Å². The predicted molar refractivity (Wildman–Crippen MR) is 114 cm³/mol. The Labute approximate surface area is 171 Å². The Hall–Kier alpha value is -3.02. The normalized spacial score (nSPS) is 17.9. The second-order valence-electron chi connectivity index (χ2n) is 7.59. The van der Waals surface area contributed by atoms with Crippen molar-refractivity contribution in [2.45, 2.75) is 45.4 Å². The van der Waals surface area contributed by atoms with Crippen LogP contribution in [0.5, 0.6) is 0 Å². The average Bonchev–Trinajstić information content (AvgIpc) is 3.15. The zero-order valence-corrected chi connectivity index (χ0v) is 17.0. The maximum atomic E-state index is 13.4. The second-order valence-corrected chi connectivity index (χ2v) is 7.59. The van der Waals surface area contributed by atoms with Crippen molar-refractivity contribution >= 4 is 34.6 Å². The molecule has 6 heteroatoms. The van der Waals surface area contributed by atoms with Crippen LogP contribution in [-0.4, -0.2) is 35.4 Å². The minimum atomic E-state index is -0.196. The van der Waals surface area contributed by atoms with Crippen LogP contribution in [0.2, 0.25) is 0 Å². The third-order valence-electron chi connectivity index (χ3n) is 5.65. The van der Waals surface area contributed by atoms with E-state index in [2.05, 4.69) is 16.9 Å². The lowest BCUT2D eigenvalue weighted by Gasteiger charge is -2.16. The van der Waals surface area contributed by atoms with E-state index in [1.54, 1.807) is 30.4 Å². The molecular formula is C23H26N4O2. The molecule has 0 aliphatic carbocycles. The number of aromatic nitrogens is 2. The Morgan fingerprint density at radius 3 is 2.10 bits per heavy atom. The molecule has 4 rings (SSSR count). The number of hydrogen-bond acceptors (Lipinski definition) is 4. The monoisotopic (exact) mass is 390 g/mol. The predicted octanol–water partition coefficient (Wildman–Crippen LogP) is 4.07. The van der Waals surface area contributed by atoms with Crippen molar-refractivity contribution in [3.05, 3.63) is 47.8 Å². The number of pyridine rings is 2. The molecule has 6 nitrogen and oxygen atoms in total. The van der Waals surface area contributed by atoms with E-state index in [4.69, 9.17) is 0 Å². The lowest BCUT2D eigenvalue weighted by molar-refractivity contribution is -0.114. The molecule has 0 saturated heterocycles. The van der Waals surface area contributed by atoms with Crippen LogP contribution in [0.4, 0.5) is 11.6 Å². The van der Waals surface area contributed by atoms with Gasteiger partial charge in [0.15, 0.2) is 0 Å². The van der Waals surface area contributed by atoms with Crippen molar-refractivity contribution < 1.29 is 9.59 Å². The van der Waals surface area contributed by atoms with Crippen LogP contribution < -0.4 is 9.80 Å². The van der Waals surface area contributed by atoms with E-state index < -0.39 is 0 Å². The fourth-order valence-corrected chi connectivity index (χ4v) is 4.13. The van der Waals surface area contributed by atoms with Crippen molar-refractivity contribution in [2.75, 3.05) is 23.4 Å². The van der Waals surface area contributed by atoms with Crippen LogP contribution in [0.15, 0.2) is 36.7 Å². The molecule has 2 aliphatic rings. The van der Waals surface area contributed by atoms with E-state index in [-0.39, 0.29) is 11.8 Å². The fourth-order valence-electron chi connectivity index (χ4n) is 4.13. The van der Waals surface area contributed by atoms with Crippen LogP contribution in [0.1, 0.15) is 56.6 Å². The minimum Gasteiger partial charge on any atom is -0.295 e. The van der Waals surface area contributed by atoms with Crippen LogP contribution in [0, 0.1) is 0 Å². The Kier molecular flexibility index (Phi) is 5.43. The van der Waals surface area contributed by atoms with Gasteiger partial charge in [0.2, 0.25) is 0 Å². The summed E-state index contributed by atoms with van der Waals surface area (Å²) < 4.78 is 0. The number of amides is 2. The van der Waals surface area contributed by atoms with Crippen LogP contribution in [0.25, 0.3) is 11.1 Å². The van der Waals surface area contributed by atoms with Gasteiger partial charge in [-0.1, -0.05) is 39.0 Å². The topological polar surface area (TPSA) is 66.4 Å². The summed E-state index contributed by atoms with van der Waals surface area (Å²) in [5.41, 5.74) is 2.32. The van der Waals surface area contributed by atoms with Gasteiger partial charge in [0, 0.05) is 37.1 Å². The van der Waals surface area contributed by atoms with Gasteiger partial charge in [0.1, 0.15) is 11.6 Å². The molecule has 0 atom stereocenters. The highest BCUT2D eigenvalue weighted by Crippen LogP contribution is 2.44. The molecule has 0 bridgehead atoms. The van der Waals surface area contributed by atoms with E-state index >= 15 is 0 Å². The molecule has 0 unspecified atom stereocenters. The molecular weight excluding hydrogens is 364 g/mol. The number of carbonyl (C=O) groups is 2. The third kappa shape index (κ3) is 3.33. The fraction of sp³-hybridized carbons (Fsp3) is 0.391. The Balaban J connectivity index is 1.67. The lowest BCUT2D eigenvalue weighted by Crippen LogP contribution is -2.29. The molecule has 2 amide bonds. The van der Waals surface area contributed by atoms with E-state index in [1.165, 1.54) is 30.6 Å².